The molecule has 0 aliphatic carbocycles. The molecule has 9 heteroatoms. The zero-order valence-corrected chi connectivity index (χ0v) is 28.7. The number of nitrogens with one attached hydrogen (secondary N) is 3. The van der Waals surface area contributed by atoms with Crippen LogP contribution < -0.4 is 25.4 Å². The molecule has 0 aliphatic rings. The van der Waals surface area contributed by atoms with Crippen LogP contribution >= 0.6 is 0 Å². The maximum Gasteiger partial charge on any atom is 0.258 e. The number of carbonyl (C=O) groups is 3. The number of para-hydroxylation sites is 1. The highest BCUT2D eigenvalue weighted by Crippen LogP contribution is 2.22. The SMILES string of the molecule is COc1ccc(C(=O)N[C@H](C(=O)N[C@@H](CC(C)C)C[C@H](O)[C@H](Cc2ccccc2)NC(=O)COc2c(C)cccc2C)C(C)C)cc1. The van der Waals surface area contributed by atoms with Crippen LogP contribution in [-0.4, -0.2) is 60.8 Å². The van der Waals surface area contributed by atoms with Gasteiger partial charge in [-0.05, 0) is 85.9 Å². The molecule has 0 aromatic heterocycles. The van der Waals surface area contributed by atoms with Crippen molar-refractivity contribution in [2.45, 2.75) is 85.0 Å². The zero-order chi connectivity index (χ0) is 34.5. The summed E-state index contributed by atoms with van der Waals surface area (Å²) < 4.78 is 11.1. The molecule has 254 valence electrons. The Morgan fingerprint density at radius 1 is 0.787 bits per heavy atom. The maximum atomic E-state index is 13.6. The fraction of sp³-hybridized carbons (Fsp3) is 0.447. The minimum Gasteiger partial charge on any atom is -0.497 e. The highest BCUT2D eigenvalue weighted by molar-refractivity contribution is 5.97. The van der Waals surface area contributed by atoms with Gasteiger partial charge < -0.3 is 30.5 Å². The number of methoxy groups -OCH3 is 1. The van der Waals surface area contributed by atoms with Crippen LogP contribution in [0.3, 0.4) is 0 Å². The normalized spacial score (nSPS) is 13.7. The molecule has 4 N–H and O–H groups in total. The van der Waals surface area contributed by atoms with Crippen molar-refractivity contribution in [2.75, 3.05) is 13.7 Å². The van der Waals surface area contributed by atoms with Gasteiger partial charge in [0.05, 0.1) is 19.3 Å². The van der Waals surface area contributed by atoms with Crippen molar-refractivity contribution in [1.29, 1.82) is 0 Å². The van der Waals surface area contributed by atoms with Crippen LogP contribution in [0, 0.1) is 25.7 Å². The van der Waals surface area contributed by atoms with E-state index in [2.05, 4.69) is 16.0 Å². The van der Waals surface area contributed by atoms with Crippen molar-refractivity contribution in [1.82, 2.24) is 16.0 Å². The van der Waals surface area contributed by atoms with E-state index < -0.39 is 24.2 Å². The number of aliphatic hydroxyl groups is 1. The molecular formula is C38H51N3O6. The van der Waals surface area contributed by atoms with E-state index in [1.54, 1.807) is 31.4 Å². The lowest BCUT2D eigenvalue weighted by molar-refractivity contribution is -0.126. The predicted molar refractivity (Wildman–Crippen MR) is 185 cm³/mol. The third-order valence-corrected chi connectivity index (χ3v) is 8.08. The Hall–Kier alpha value is -4.37. The van der Waals surface area contributed by atoms with E-state index in [0.717, 1.165) is 16.7 Å². The number of rotatable bonds is 17. The molecule has 3 rings (SSSR count). The van der Waals surface area contributed by atoms with Crippen LogP contribution in [0.1, 0.15) is 67.6 Å². The van der Waals surface area contributed by atoms with Crippen molar-refractivity contribution >= 4 is 17.7 Å². The summed E-state index contributed by atoms with van der Waals surface area (Å²) in [5, 5.41) is 20.5. The van der Waals surface area contributed by atoms with E-state index in [1.807, 2.05) is 90.1 Å². The summed E-state index contributed by atoms with van der Waals surface area (Å²) in [6.45, 7) is 11.5. The van der Waals surface area contributed by atoms with Gasteiger partial charge in [0.25, 0.3) is 11.8 Å². The van der Waals surface area contributed by atoms with Gasteiger partial charge in [-0.1, -0.05) is 76.2 Å². The lowest BCUT2D eigenvalue weighted by Gasteiger charge is -2.31. The lowest BCUT2D eigenvalue weighted by atomic mass is 9.92. The number of hydrogen-bond donors (Lipinski definition) is 4. The first kappa shape index (κ1) is 37.1. The van der Waals surface area contributed by atoms with Crippen LogP contribution in [0.25, 0.3) is 0 Å². The van der Waals surface area contributed by atoms with E-state index >= 15 is 0 Å². The number of carbonyl (C=O) groups excluding carboxylic acids is 3. The number of aryl methyl sites for hydroxylation is 2. The first-order valence-electron chi connectivity index (χ1n) is 16.3. The Bertz CT molecular complexity index is 1420. The zero-order valence-electron chi connectivity index (χ0n) is 28.7. The highest BCUT2D eigenvalue weighted by Gasteiger charge is 2.30. The second-order valence-corrected chi connectivity index (χ2v) is 12.9. The van der Waals surface area contributed by atoms with E-state index in [1.165, 1.54) is 0 Å². The summed E-state index contributed by atoms with van der Waals surface area (Å²) in [5.74, 6) is 0.279. The van der Waals surface area contributed by atoms with Gasteiger partial charge in [-0.2, -0.15) is 0 Å². The van der Waals surface area contributed by atoms with Crippen LogP contribution in [0.2, 0.25) is 0 Å². The molecule has 0 unspecified atom stereocenters. The summed E-state index contributed by atoms with van der Waals surface area (Å²) in [6.07, 6.45) is 0.222. The minimum atomic E-state index is -0.977. The largest absolute Gasteiger partial charge is 0.497 e. The topological polar surface area (TPSA) is 126 Å². The van der Waals surface area contributed by atoms with E-state index in [4.69, 9.17) is 9.47 Å². The van der Waals surface area contributed by atoms with Crippen molar-refractivity contribution < 1.29 is 29.0 Å². The summed E-state index contributed by atoms with van der Waals surface area (Å²) in [5.41, 5.74) is 3.24. The average molecular weight is 646 g/mol. The summed E-state index contributed by atoms with van der Waals surface area (Å²) >= 11 is 0. The average Bonchev–Trinajstić information content (AvgIpc) is 3.02. The van der Waals surface area contributed by atoms with Gasteiger partial charge in [0.15, 0.2) is 6.61 Å². The molecule has 0 bridgehead atoms. The fourth-order valence-electron chi connectivity index (χ4n) is 5.60. The summed E-state index contributed by atoms with van der Waals surface area (Å²) in [4.78, 5) is 39.8. The van der Waals surface area contributed by atoms with Crippen LogP contribution in [-0.2, 0) is 16.0 Å². The molecule has 0 radical (unpaired) electrons. The number of amides is 3. The van der Waals surface area contributed by atoms with Gasteiger partial charge in [-0.25, -0.2) is 0 Å². The minimum absolute atomic E-state index is 0.191. The van der Waals surface area contributed by atoms with E-state index in [0.29, 0.717) is 29.9 Å². The second-order valence-electron chi connectivity index (χ2n) is 12.9. The Balaban J connectivity index is 1.73. The Morgan fingerprint density at radius 2 is 1.43 bits per heavy atom. The molecule has 4 atom stereocenters. The molecule has 47 heavy (non-hydrogen) atoms. The maximum absolute atomic E-state index is 13.6. The Morgan fingerprint density at radius 3 is 2.00 bits per heavy atom. The van der Waals surface area contributed by atoms with Gasteiger partial charge in [0.2, 0.25) is 5.91 Å². The number of benzene rings is 3. The van der Waals surface area contributed by atoms with Gasteiger partial charge in [-0.3, -0.25) is 14.4 Å². The fourth-order valence-corrected chi connectivity index (χ4v) is 5.60. The molecule has 3 amide bonds. The molecule has 9 nitrogen and oxygen atoms in total. The van der Waals surface area contributed by atoms with Gasteiger partial charge in [0, 0.05) is 11.6 Å². The Labute approximate surface area is 279 Å². The van der Waals surface area contributed by atoms with Crippen LogP contribution in [0.15, 0.2) is 72.8 Å². The molecule has 0 saturated heterocycles. The summed E-state index contributed by atoms with van der Waals surface area (Å²) in [7, 11) is 1.55. The van der Waals surface area contributed by atoms with Crippen LogP contribution in [0.4, 0.5) is 0 Å². The molecule has 0 fully saturated rings. The second kappa shape index (κ2) is 18.1. The highest BCUT2D eigenvalue weighted by atomic mass is 16.5. The van der Waals surface area contributed by atoms with Crippen molar-refractivity contribution in [3.8, 4) is 11.5 Å². The smallest absolute Gasteiger partial charge is 0.258 e. The molecule has 3 aromatic rings. The first-order valence-corrected chi connectivity index (χ1v) is 16.3. The van der Waals surface area contributed by atoms with E-state index in [9.17, 15) is 19.5 Å². The third kappa shape index (κ3) is 11.7. The Kier molecular flexibility index (Phi) is 14.3. The first-order chi connectivity index (χ1) is 22.4. The van der Waals surface area contributed by atoms with Gasteiger partial charge in [0.1, 0.15) is 17.5 Å². The third-order valence-electron chi connectivity index (χ3n) is 8.08. The van der Waals surface area contributed by atoms with E-state index in [-0.39, 0.29) is 42.6 Å². The van der Waals surface area contributed by atoms with Gasteiger partial charge in [-0.15, -0.1) is 0 Å². The van der Waals surface area contributed by atoms with Gasteiger partial charge >= 0.3 is 0 Å². The number of hydrogen-bond acceptors (Lipinski definition) is 6. The molecule has 0 spiro atoms. The van der Waals surface area contributed by atoms with Crippen LogP contribution in [0.5, 0.6) is 11.5 Å². The standard InChI is InChI=1S/C38H51N3O6/c1-24(2)20-30(39-38(45)35(25(3)4)41-37(44)29-16-18-31(46-7)19-17-29)22-33(42)32(21-28-14-9-8-10-15-28)40-34(43)23-47-36-26(5)12-11-13-27(36)6/h8-19,24-25,30,32-33,35,42H,20-23H2,1-7H3,(H,39,45)(H,40,43)(H,41,44)/t30-,32-,33-,35-/m0/s1. The molecule has 0 heterocycles. The number of aliphatic hydroxyl groups excluding tert-OH is 1. The quantitative estimate of drug-likeness (QED) is 0.161. The lowest BCUT2D eigenvalue weighted by Crippen LogP contribution is -2.54. The van der Waals surface area contributed by atoms with Crippen molar-refractivity contribution in [2.24, 2.45) is 11.8 Å². The molecular weight excluding hydrogens is 594 g/mol. The number of ether oxygens (including phenoxy) is 2. The molecule has 0 aliphatic heterocycles. The van der Waals surface area contributed by atoms with Crippen molar-refractivity contribution in [3.05, 3.63) is 95.1 Å². The van der Waals surface area contributed by atoms with Crippen molar-refractivity contribution in [3.63, 3.8) is 0 Å². The summed E-state index contributed by atoms with van der Waals surface area (Å²) in [6, 6.07) is 20.3. The molecule has 0 saturated carbocycles. The molecule has 3 aromatic carbocycles. The predicted octanol–water partition coefficient (Wildman–Crippen LogP) is 5.15. The monoisotopic (exact) mass is 645 g/mol.